The normalized spacial score (nSPS) is 24.9. The lowest BCUT2D eigenvalue weighted by Gasteiger charge is -2.26. The largest absolute Gasteiger partial charge is 0.396 e. The van der Waals surface area contributed by atoms with Crippen LogP contribution in [0.4, 0.5) is 0 Å². The Morgan fingerprint density at radius 2 is 2.33 bits per heavy atom. The van der Waals surface area contributed by atoms with E-state index in [2.05, 4.69) is 27.3 Å². The van der Waals surface area contributed by atoms with Crippen molar-refractivity contribution in [2.75, 3.05) is 13.2 Å². The molecule has 0 amide bonds. The van der Waals surface area contributed by atoms with Gasteiger partial charge in [-0.05, 0) is 71.5 Å². The number of hydrogen-bond acceptors (Lipinski definition) is 3. The molecular formula is C14H20BrNOS. The van der Waals surface area contributed by atoms with E-state index in [-0.39, 0.29) is 0 Å². The fraction of sp³-hybridized carbons (Fsp3) is 0.714. The van der Waals surface area contributed by atoms with Crippen LogP contribution in [-0.2, 0) is 6.42 Å². The summed E-state index contributed by atoms with van der Waals surface area (Å²) in [6.07, 6.45) is 7.33. The first-order valence-corrected chi connectivity index (χ1v) is 8.46. The van der Waals surface area contributed by atoms with Crippen LogP contribution < -0.4 is 5.32 Å². The molecule has 1 aromatic rings. The number of aryl methyl sites for hydroxylation is 1. The maximum absolute atomic E-state index is 9.11. The number of aliphatic hydroxyl groups is 1. The van der Waals surface area contributed by atoms with E-state index in [4.69, 9.17) is 5.11 Å². The topological polar surface area (TPSA) is 32.3 Å². The smallest absolute Gasteiger partial charge is 0.0704 e. The summed E-state index contributed by atoms with van der Waals surface area (Å²) in [5, 5.41) is 12.9. The average Bonchev–Trinajstić information content (AvgIpc) is 3.00. The summed E-state index contributed by atoms with van der Waals surface area (Å²) >= 11 is 5.50. The summed E-state index contributed by atoms with van der Waals surface area (Å²) < 4.78 is 1.26. The van der Waals surface area contributed by atoms with Crippen molar-refractivity contribution in [3.63, 3.8) is 0 Å². The van der Waals surface area contributed by atoms with Crippen LogP contribution in [0, 0.1) is 5.41 Å². The zero-order valence-corrected chi connectivity index (χ0v) is 12.9. The molecule has 2 nitrogen and oxygen atoms in total. The minimum Gasteiger partial charge on any atom is -0.396 e. The van der Waals surface area contributed by atoms with Gasteiger partial charge in [-0.25, -0.2) is 0 Å². The molecule has 1 saturated carbocycles. The van der Waals surface area contributed by atoms with E-state index in [0.29, 0.717) is 18.1 Å². The van der Waals surface area contributed by atoms with E-state index in [1.807, 2.05) is 11.3 Å². The van der Waals surface area contributed by atoms with Gasteiger partial charge >= 0.3 is 0 Å². The molecule has 2 aliphatic carbocycles. The van der Waals surface area contributed by atoms with Gasteiger partial charge in [-0.15, -0.1) is 11.3 Å². The quantitative estimate of drug-likeness (QED) is 0.864. The van der Waals surface area contributed by atoms with Gasteiger partial charge in [-0.3, -0.25) is 0 Å². The molecule has 0 spiro atoms. The van der Waals surface area contributed by atoms with Gasteiger partial charge in [-0.2, -0.15) is 0 Å². The highest BCUT2D eigenvalue weighted by molar-refractivity contribution is 9.11. The van der Waals surface area contributed by atoms with Gasteiger partial charge in [0.2, 0.25) is 0 Å². The number of nitrogens with one attached hydrogen (secondary N) is 1. The molecule has 2 aliphatic rings. The Balaban J connectivity index is 1.64. The number of thiophene rings is 1. The fourth-order valence-corrected chi connectivity index (χ4v) is 4.82. The van der Waals surface area contributed by atoms with Crippen molar-refractivity contribution >= 4 is 27.3 Å². The molecule has 1 heterocycles. The molecule has 1 unspecified atom stereocenters. The molecule has 0 aromatic carbocycles. The molecule has 0 bridgehead atoms. The molecule has 0 radical (unpaired) electrons. The van der Waals surface area contributed by atoms with Crippen LogP contribution >= 0.6 is 27.3 Å². The van der Waals surface area contributed by atoms with Crippen LogP contribution in [0.1, 0.15) is 48.6 Å². The molecule has 1 fully saturated rings. The molecule has 4 heteroatoms. The second-order valence-corrected chi connectivity index (χ2v) is 8.24. The van der Waals surface area contributed by atoms with Crippen LogP contribution in [0.25, 0.3) is 0 Å². The van der Waals surface area contributed by atoms with Gasteiger partial charge < -0.3 is 10.4 Å². The third-order valence-electron chi connectivity index (χ3n) is 4.41. The maximum atomic E-state index is 9.11. The van der Waals surface area contributed by atoms with Gasteiger partial charge in [0.05, 0.1) is 3.79 Å². The number of fused-ring (bicyclic) bond motifs is 1. The summed E-state index contributed by atoms with van der Waals surface area (Å²) in [7, 11) is 0. The molecule has 1 aromatic heterocycles. The molecule has 0 aliphatic heterocycles. The van der Waals surface area contributed by atoms with Crippen LogP contribution in [0.2, 0.25) is 0 Å². The summed E-state index contributed by atoms with van der Waals surface area (Å²) in [5.74, 6) is 0. The Hall–Kier alpha value is 0.100. The summed E-state index contributed by atoms with van der Waals surface area (Å²) in [6, 6.07) is 2.83. The van der Waals surface area contributed by atoms with E-state index in [1.165, 1.54) is 41.5 Å². The van der Waals surface area contributed by atoms with Crippen LogP contribution in [0.5, 0.6) is 0 Å². The SMILES string of the molecule is OCCC1(CNC2CCCc3sc(Br)cc32)CC1. The minimum atomic E-state index is 0.335. The Kier molecular flexibility index (Phi) is 3.81. The molecular weight excluding hydrogens is 310 g/mol. The summed E-state index contributed by atoms with van der Waals surface area (Å²) in [4.78, 5) is 1.55. The summed E-state index contributed by atoms with van der Waals surface area (Å²) in [6.45, 7) is 1.41. The first kappa shape index (κ1) is 13.1. The summed E-state index contributed by atoms with van der Waals surface area (Å²) in [5.41, 5.74) is 1.93. The van der Waals surface area contributed by atoms with Crippen molar-refractivity contribution in [3.05, 3.63) is 20.3 Å². The minimum absolute atomic E-state index is 0.335. The van der Waals surface area contributed by atoms with E-state index < -0.39 is 0 Å². The third kappa shape index (κ3) is 2.67. The van der Waals surface area contributed by atoms with Crippen molar-refractivity contribution in [1.82, 2.24) is 5.32 Å². The highest BCUT2D eigenvalue weighted by atomic mass is 79.9. The standard InChI is InChI=1S/C14H20BrNOS/c15-13-8-10-11(2-1-3-12(10)18-13)16-9-14(4-5-14)6-7-17/h8,11,16-17H,1-7,9H2. The third-order valence-corrected chi connectivity index (χ3v) is 6.12. The van der Waals surface area contributed by atoms with Crippen LogP contribution in [0.15, 0.2) is 9.85 Å². The first-order valence-electron chi connectivity index (χ1n) is 6.85. The van der Waals surface area contributed by atoms with Crippen molar-refractivity contribution in [3.8, 4) is 0 Å². The number of aliphatic hydroxyl groups excluding tert-OH is 1. The van der Waals surface area contributed by atoms with Gasteiger partial charge in [0, 0.05) is 24.1 Å². The molecule has 2 N–H and O–H groups in total. The van der Waals surface area contributed by atoms with E-state index in [9.17, 15) is 0 Å². The Labute approximate surface area is 121 Å². The van der Waals surface area contributed by atoms with Crippen molar-refractivity contribution in [2.45, 2.75) is 44.6 Å². The second kappa shape index (κ2) is 5.23. The molecule has 100 valence electrons. The van der Waals surface area contributed by atoms with Crippen molar-refractivity contribution < 1.29 is 5.11 Å². The van der Waals surface area contributed by atoms with Crippen LogP contribution in [0.3, 0.4) is 0 Å². The Morgan fingerprint density at radius 3 is 3.06 bits per heavy atom. The predicted octanol–water partition coefficient (Wildman–Crippen LogP) is 3.64. The predicted molar refractivity (Wildman–Crippen MR) is 79.1 cm³/mol. The van der Waals surface area contributed by atoms with Crippen LogP contribution in [-0.4, -0.2) is 18.3 Å². The molecule has 0 saturated heterocycles. The van der Waals surface area contributed by atoms with Crippen molar-refractivity contribution in [2.24, 2.45) is 5.41 Å². The van der Waals surface area contributed by atoms with Gasteiger partial charge in [-0.1, -0.05) is 0 Å². The molecule has 1 atom stereocenters. The monoisotopic (exact) mass is 329 g/mol. The van der Waals surface area contributed by atoms with Gasteiger partial charge in [0.15, 0.2) is 0 Å². The lowest BCUT2D eigenvalue weighted by molar-refractivity contribution is 0.240. The van der Waals surface area contributed by atoms with Crippen molar-refractivity contribution in [1.29, 1.82) is 0 Å². The lowest BCUT2D eigenvalue weighted by Crippen LogP contribution is -2.30. The van der Waals surface area contributed by atoms with E-state index in [1.54, 1.807) is 4.88 Å². The average molecular weight is 330 g/mol. The van der Waals surface area contributed by atoms with Gasteiger partial charge in [0.1, 0.15) is 0 Å². The second-order valence-electron chi connectivity index (χ2n) is 5.73. The molecule has 3 rings (SSSR count). The van der Waals surface area contributed by atoms with E-state index in [0.717, 1.165) is 13.0 Å². The number of rotatable bonds is 5. The zero-order valence-electron chi connectivity index (χ0n) is 10.5. The Bertz CT molecular complexity index is 427. The highest BCUT2D eigenvalue weighted by Crippen LogP contribution is 2.48. The highest BCUT2D eigenvalue weighted by Gasteiger charge is 2.42. The number of hydrogen-bond donors (Lipinski definition) is 2. The fourth-order valence-electron chi connectivity index (χ4n) is 3.00. The maximum Gasteiger partial charge on any atom is 0.0704 e. The van der Waals surface area contributed by atoms with E-state index >= 15 is 0 Å². The Morgan fingerprint density at radius 1 is 1.50 bits per heavy atom. The number of halogens is 1. The lowest BCUT2D eigenvalue weighted by atomic mass is 9.93. The molecule has 18 heavy (non-hydrogen) atoms. The van der Waals surface area contributed by atoms with Gasteiger partial charge in [0.25, 0.3) is 0 Å². The first-order chi connectivity index (χ1) is 8.72. The zero-order chi connectivity index (χ0) is 12.6.